The fourth-order valence-electron chi connectivity index (χ4n) is 2.19. The summed E-state index contributed by atoms with van der Waals surface area (Å²) >= 11 is 0. The summed E-state index contributed by atoms with van der Waals surface area (Å²) in [4.78, 5) is 13.8. The lowest BCUT2D eigenvalue weighted by molar-refractivity contribution is -0.137. The Morgan fingerprint density at radius 1 is 1.26 bits per heavy atom. The highest BCUT2D eigenvalue weighted by molar-refractivity contribution is 7.92. The van der Waals surface area contributed by atoms with Crippen molar-refractivity contribution >= 4 is 15.7 Å². The second-order valence-corrected chi connectivity index (χ2v) is 8.23. The molecule has 2 rings (SSSR count). The Hall–Kier alpha value is -1.57. The predicted octanol–water partition coefficient (Wildman–Crippen LogP) is 2.63. The van der Waals surface area contributed by atoms with Crippen molar-refractivity contribution in [2.45, 2.75) is 43.8 Å². The highest BCUT2D eigenvalue weighted by atomic mass is 32.2. The molecule has 4 nitrogen and oxygen atoms in total. The van der Waals surface area contributed by atoms with E-state index in [9.17, 15) is 26.4 Å². The molecule has 1 aromatic carbocycles. The van der Waals surface area contributed by atoms with Crippen molar-refractivity contribution in [3.8, 4) is 0 Å². The van der Waals surface area contributed by atoms with Crippen molar-refractivity contribution in [3.63, 3.8) is 0 Å². The molecule has 0 saturated heterocycles. The predicted molar refractivity (Wildman–Crippen MR) is 79.3 cm³/mol. The third kappa shape index (κ3) is 4.46. The number of halogens is 3. The SMILES string of the molecule is CC(C(=O)N(Cc1ccc(C(F)(F)F)cc1)C1CC1)S(C)(=O)=O. The number of hydrogen-bond acceptors (Lipinski definition) is 3. The quantitative estimate of drug-likeness (QED) is 0.821. The average molecular weight is 349 g/mol. The molecule has 1 saturated carbocycles. The van der Waals surface area contributed by atoms with E-state index in [1.54, 1.807) is 0 Å². The lowest BCUT2D eigenvalue weighted by Gasteiger charge is -2.25. The van der Waals surface area contributed by atoms with Gasteiger partial charge in [-0.05, 0) is 37.5 Å². The van der Waals surface area contributed by atoms with E-state index in [-0.39, 0.29) is 12.6 Å². The van der Waals surface area contributed by atoms with E-state index in [0.717, 1.165) is 31.2 Å². The van der Waals surface area contributed by atoms with E-state index in [4.69, 9.17) is 0 Å². The summed E-state index contributed by atoms with van der Waals surface area (Å²) in [5.74, 6) is -0.505. The first-order valence-electron chi connectivity index (χ1n) is 7.15. The Balaban J connectivity index is 2.16. The van der Waals surface area contributed by atoms with Gasteiger partial charge in [0.2, 0.25) is 5.91 Å². The van der Waals surface area contributed by atoms with Gasteiger partial charge in [0.1, 0.15) is 5.25 Å². The highest BCUT2D eigenvalue weighted by Gasteiger charge is 2.37. The molecule has 1 amide bonds. The van der Waals surface area contributed by atoms with E-state index in [1.807, 2.05) is 0 Å². The van der Waals surface area contributed by atoms with Crippen LogP contribution in [0.25, 0.3) is 0 Å². The van der Waals surface area contributed by atoms with Gasteiger partial charge in [0.15, 0.2) is 9.84 Å². The molecule has 128 valence electrons. The Kier molecular flexibility index (Phi) is 4.75. The molecule has 8 heteroatoms. The van der Waals surface area contributed by atoms with Gasteiger partial charge < -0.3 is 4.90 Å². The van der Waals surface area contributed by atoms with Crippen molar-refractivity contribution in [1.29, 1.82) is 0 Å². The van der Waals surface area contributed by atoms with Gasteiger partial charge in [-0.1, -0.05) is 12.1 Å². The van der Waals surface area contributed by atoms with Gasteiger partial charge in [0, 0.05) is 18.8 Å². The minimum atomic E-state index is -4.41. The molecular formula is C15H18F3NO3S. The Morgan fingerprint density at radius 3 is 2.17 bits per heavy atom. The van der Waals surface area contributed by atoms with Gasteiger partial charge in [-0.3, -0.25) is 4.79 Å². The smallest absolute Gasteiger partial charge is 0.334 e. The van der Waals surface area contributed by atoms with E-state index < -0.39 is 32.7 Å². The number of carbonyl (C=O) groups excluding carboxylic acids is 1. The van der Waals surface area contributed by atoms with Crippen LogP contribution in [0.3, 0.4) is 0 Å². The largest absolute Gasteiger partial charge is 0.416 e. The van der Waals surface area contributed by atoms with E-state index in [0.29, 0.717) is 5.56 Å². The summed E-state index contributed by atoms with van der Waals surface area (Å²) in [5, 5.41) is -1.16. The van der Waals surface area contributed by atoms with E-state index in [2.05, 4.69) is 0 Å². The van der Waals surface area contributed by atoms with Gasteiger partial charge in [0.05, 0.1) is 5.56 Å². The maximum atomic E-state index is 12.6. The van der Waals surface area contributed by atoms with Crippen LogP contribution in [0, 0.1) is 0 Å². The summed E-state index contributed by atoms with van der Waals surface area (Å²) < 4.78 is 60.8. The number of carbonyl (C=O) groups is 1. The molecule has 0 spiro atoms. The fourth-order valence-corrected chi connectivity index (χ4v) is 2.69. The van der Waals surface area contributed by atoms with Crippen molar-refractivity contribution in [3.05, 3.63) is 35.4 Å². The van der Waals surface area contributed by atoms with E-state index in [1.165, 1.54) is 24.0 Å². The van der Waals surface area contributed by atoms with Crippen LogP contribution in [0.5, 0.6) is 0 Å². The normalized spacial score (nSPS) is 16.9. The van der Waals surface area contributed by atoms with Crippen LogP contribution in [-0.2, 0) is 27.4 Å². The zero-order valence-corrected chi connectivity index (χ0v) is 13.6. The molecule has 1 aromatic rings. The van der Waals surface area contributed by atoms with Crippen LogP contribution in [0.4, 0.5) is 13.2 Å². The van der Waals surface area contributed by atoms with Gasteiger partial charge in [0.25, 0.3) is 0 Å². The zero-order valence-electron chi connectivity index (χ0n) is 12.8. The summed E-state index contributed by atoms with van der Waals surface area (Å²) in [6, 6.07) is 4.53. The molecule has 0 bridgehead atoms. The summed E-state index contributed by atoms with van der Waals surface area (Å²) in [5.41, 5.74) is -0.214. The monoisotopic (exact) mass is 349 g/mol. The minimum Gasteiger partial charge on any atom is -0.334 e. The maximum absolute atomic E-state index is 12.6. The Morgan fingerprint density at radius 2 is 1.78 bits per heavy atom. The Bertz CT molecular complexity index is 679. The zero-order chi connectivity index (χ0) is 17.4. The number of rotatable bonds is 5. The number of amides is 1. The summed E-state index contributed by atoms with van der Waals surface area (Å²) in [7, 11) is -3.51. The van der Waals surface area contributed by atoms with Crippen LogP contribution in [0.2, 0.25) is 0 Å². The first-order chi connectivity index (χ1) is 10.5. The third-order valence-corrected chi connectivity index (χ3v) is 5.38. The average Bonchev–Trinajstić information content (AvgIpc) is 3.26. The molecule has 1 atom stereocenters. The molecule has 23 heavy (non-hydrogen) atoms. The second kappa shape index (κ2) is 6.14. The molecule has 1 fully saturated rings. The van der Waals surface area contributed by atoms with Gasteiger partial charge in [-0.15, -0.1) is 0 Å². The lowest BCUT2D eigenvalue weighted by atomic mass is 10.1. The van der Waals surface area contributed by atoms with Gasteiger partial charge in [-0.25, -0.2) is 8.42 Å². The number of nitrogens with zero attached hydrogens (tertiary/aromatic N) is 1. The third-order valence-electron chi connectivity index (χ3n) is 3.89. The lowest BCUT2D eigenvalue weighted by Crippen LogP contribution is -2.42. The second-order valence-electron chi connectivity index (χ2n) is 5.86. The minimum absolute atomic E-state index is 0.0333. The topological polar surface area (TPSA) is 54.5 Å². The highest BCUT2D eigenvalue weighted by Crippen LogP contribution is 2.31. The number of hydrogen-bond donors (Lipinski definition) is 0. The van der Waals surface area contributed by atoms with Crippen molar-refractivity contribution in [1.82, 2.24) is 4.90 Å². The molecule has 0 N–H and O–H groups in total. The van der Waals surface area contributed by atoms with Crippen LogP contribution < -0.4 is 0 Å². The first-order valence-corrected chi connectivity index (χ1v) is 9.11. The molecule has 0 aromatic heterocycles. The standard InChI is InChI=1S/C15H18F3NO3S/c1-10(23(2,21)22)14(20)19(13-7-8-13)9-11-3-5-12(6-4-11)15(16,17)18/h3-6,10,13H,7-9H2,1-2H3. The molecule has 0 aliphatic heterocycles. The van der Waals surface area contributed by atoms with Crippen molar-refractivity contribution in [2.75, 3.05) is 6.26 Å². The molecule has 0 heterocycles. The fraction of sp³-hybridized carbons (Fsp3) is 0.533. The molecule has 0 radical (unpaired) electrons. The molecular weight excluding hydrogens is 331 g/mol. The van der Waals surface area contributed by atoms with Crippen LogP contribution in [-0.4, -0.2) is 36.8 Å². The number of alkyl halides is 3. The summed E-state index contributed by atoms with van der Waals surface area (Å²) in [6.45, 7) is 1.45. The van der Waals surface area contributed by atoms with Gasteiger partial charge in [-0.2, -0.15) is 13.2 Å². The Labute approximate surface area is 133 Å². The van der Waals surface area contributed by atoms with Crippen LogP contribution in [0.1, 0.15) is 30.9 Å². The molecule has 1 unspecified atom stereocenters. The molecule has 1 aliphatic rings. The number of sulfone groups is 1. The van der Waals surface area contributed by atoms with Gasteiger partial charge >= 0.3 is 6.18 Å². The summed E-state index contributed by atoms with van der Waals surface area (Å²) in [6.07, 6.45) is -1.85. The van der Waals surface area contributed by atoms with Crippen molar-refractivity contribution in [2.24, 2.45) is 0 Å². The number of benzene rings is 1. The van der Waals surface area contributed by atoms with E-state index >= 15 is 0 Å². The van der Waals surface area contributed by atoms with Crippen LogP contribution in [0.15, 0.2) is 24.3 Å². The molecule has 1 aliphatic carbocycles. The first kappa shape index (κ1) is 17.8. The maximum Gasteiger partial charge on any atom is 0.416 e. The van der Waals surface area contributed by atoms with Crippen molar-refractivity contribution < 1.29 is 26.4 Å². The van der Waals surface area contributed by atoms with Crippen LogP contribution >= 0.6 is 0 Å².